The first-order valence-electron chi connectivity index (χ1n) is 8.21. The molecule has 0 fully saturated rings. The van der Waals surface area contributed by atoms with Crippen molar-refractivity contribution in [3.63, 3.8) is 0 Å². The third-order valence-electron chi connectivity index (χ3n) is 4.17. The molecule has 1 aromatic carbocycles. The normalized spacial score (nSPS) is 12.7. The van der Waals surface area contributed by atoms with E-state index in [1.165, 1.54) is 5.56 Å². The summed E-state index contributed by atoms with van der Waals surface area (Å²) >= 11 is 0. The van der Waals surface area contributed by atoms with E-state index in [-0.39, 0.29) is 17.4 Å². The molecule has 0 aliphatic carbocycles. The number of carbonyl (C=O) groups excluding carboxylic acids is 1. The number of hydrogen-bond acceptors (Lipinski definition) is 2. The van der Waals surface area contributed by atoms with Crippen molar-refractivity contribution in [3.8, 4) is 0 Å². The Morgan fingerprint density at radius 3 is 2.43 bits per heavy atom. The van der Waals surface area contributed by atoms with Gasteiger partial charge in [-0.1, -0.05) is 44.2 Å². The van der Waals surface area contributed by atoms with Gasteiger partial charge in [-0.05, 0) is 48.4 Å². The van der Waals surface area contributed by atoms with Crippen LogP contribution in [0.15, 0.2) is 54.9 Å². The molecule has 0 saturated heterocycles. The van der Waals surface area contributed by atoms with Gasteiger partial charge in [0, 0.05) is 24.9 Å². The minimum atomic E-state index is 0.0407. The number of nitrogens with zero attached hydrogens (tertiary/aromatic N) is 1. The Kier molecular flexibility index (Phi) is 5.91. The summed E-state index contributed by atoms with van der Waals surface area (Å²) in [5.74, 6) is 0.109. The van der Waals surface area contributed by atoms with E-state index in [1.807, 2.05) is 18.2 Å². The van der Waals surface area contributed by atoms with Crippen LogP contribution in [0.4, 0.5) is 0 Å². The van der Waals surface area contributed by atoms with Crippen LogP contribution in [0.3, 0.4) is 0 Å². The highest BCUT2D eigenvalue weighted by Gasteiger charge is 2.23. The summed E-state index contributed by atoms with van der Waals surface area (Å²) in [5, 5.41) is 3.12. The van der Waals surface area contributed by atoms with Crippen molar-refractivity contribution in [2.75, 3.05) is 0 Å². The van der Waals surface area contributed by atoms with E-state index < -0.39 is 0 Å². The van der Waals surface area contributed by atoms with Gasteiger partial charge in [-0.3, -0.25) is 9.78 Å². The van der Waals surface area contributed by atoms with Crippen LogP contribution in [0.5, 0.6) is 0 Å². The molecule has 0 aliphatic heterocycles. The molecule has 0 aliphatic rings. The molecule has 0 saturated carbocycles. The minimum absolute atomic E-state index is 0.0407. The van der Waals surface area contributed by atoms with Crippen molar-refractivity contribution in [2.24, 2.45) is 0 Å². The van der Waals surface area contributed by atoms with Gasteiger partial charge in [0.1, 0.15) is 0 Å². The van der Waals surface area contributed by atoms with Gasteiger partial charge in [-0.2, -0.15) is 0 Å². The Bertz CT molecular complexity index is 608. The average molecular weight is 310 g/mol. The topological polar surface area (TPSA) is 42.0 Å². The van der Waals surface area contributed by atoms with E-state index in [4.69, 9.17) is 0 Å². The molecule has 3 nitrogen and oxygen atoms in total. The Hall–Kier alpha value is -2.16. The number of aryl methyl sites for hydroxylation is 1. The SMILES string of the molecule is CC(CC(C)(C)c1ccccc1)NC(=O)CCc1ccncc1. The predicted octanol–water partition coefficient (Wildman–Crippen LogP) is 3.89. The number of rotatable bonds is 7. The van der Waals surface area contributed by atoms with Gasteiger partial charge in [-0.15, -0.1) is 0 Å². The van der Waals surface area contributed by atoms with E-state index in [2.05, 4.69) is 55.3 Å². The summed E-state index contributed by atoms with van der Waals surface area (Å²) in [4.78, 5) is 16.1. The smallest absolute Gasteiger partial charge is 0.220 e. The number of amides is 1. The van der Waals surface area contributed by atoms with Crippen LogP contribution in [-0.4, -0.2) is 16.9 Å². The Morgan fingerprint density at radius 2 is 1.78 bits per heavy atom. The summed E-state index contributed by atoms with van der Waals surface area (Å²) in [5.41, 5.74) is 2.49. The number of aromatic nitrogens is 1. The monoisotopic (exact) mass is 310 g/mol. The zero-order valence-electron chi connectivity index (χ0n) is 14.3. The fraction of sp³-hybridized carbons (Fsp3) is 0.400. The maximum Gasteiger partial charge on any atom is 0.220 e. The van der Waals surface area contributed by atoms with Gasteiger partial charge in [0.25, 0.3) is 0 Å². The lowest BCUT2D eigenvalue weighted by Crippen LogP contribution is -2.37. The fourth-order valence-electron chi connectivity index (χ4n) is 2.98. The molecule has 2 rings (SSSR count). The quantitative estimate of drug-likeness (QED) is 0.843. The molecule has 1 aromatic heterocycles. The summed E-state index contributed by atoms with van der Waals surface area (Å²) in [6, 6.07) is 14.5. The molecule has 122 valence electrons. The zero-order chi connectivity index (χ0) is 16.7. The number of pyridine rings is 1. The molecule has 1 amide bonds. The highest BCUT2D eigenvalue weighted by Crippen LogP contribution is 2.28. The Labute approximate surface area is 139 Å². The van der Waals surface area contributed by atoms with Crippen molar-refractivity contribution in [1.29, 1.82) is 0 Å². The second kappa shape index (κ2) is 7.91. The summed E-state index contributed by atoms with van der Waals surface area (Å²) in [7, 11) is 0. The highest BCUT2D eigenvalue weighted by molar-refractivity contribution is 5.76. The number of carbonyl (C=O) groups is 1. The standard InChI is InChI=1S/C20H26N2O/c1-16(15-20(2,3)18-7-5-4-6-8-18)22-19(23)10-9-17-11-13-21-14-12-17/h4-8,11-14,16H,9-10,15H2,1-3H3,(H,22,23). The minimum Gasteiger partial charge on any atom is -0.354 e. The molecule has 0 bridgehead atoms. The highest BCUT2D eigenvalue weighted by atomic mass is 16.1. The number of nitrogens with one attached hydrogen (secondary N) is 1. The van der Waals surface area contributed by atoms with E-state index in [1.54, 1.807) is 12.4 Å². The molecular formula is C20H26N2O. The van der Waals surface area contributed by atoms with E-state index in [0.717, 1.165) is 18.4 Å². The maximum atomic E-state index is 12.1. The molecule has 1 heterocycles. The molecule has 1 unspecified atom stereocenters. The van der Waals surface area contributed by atoms with Crippen LogP contribution in [0.1, 0.15) is 44.7 Å². The lowest BCUT2D eigenvalue weighted by Gasteiger charge is -2.29. The average Bonchev–Trinajstić information content (AvgIpc) is 2.54. The maximum absolute atomic E-state index is 12.1. The molecule has 1 atom stereocenters. The summed E-state index contributed by atoms with van der Waals surface area (Å²) in [6.07, 6.45) is 5.71. The lowest BCUT2D eigenvalue weighted by atomic mass is 9.79. The van der Waals surface area contributed by atoms with Crippen molar-refractivity contribution >= 4 is 5.91 Å². The predicted molar refractivity (Wildman–Crippen MR) is 94.2 cm³/mol. The van der Waals surface area contributed by atoms with Gasteiger partial charge in [0.15, 0.2) is 0 Å². The van der Waals surface area contributed by atoms with Gasteiger partial charge in [0.2, 0.25) is 5.91 Å². The van der Waals surface area contributed by atoms with Crippen molar-refractivity contribution < 1.29 is 4.79 Å². The zero-order valence-corrected chi connectivity index (χ0v) is 14.3. The van der Waals surface area contributed by atoms with Gasteiger partial charge in [0.05, 0.1) is 0 Å². The van der Waals surface area contributed by atoms with E-state index in [9.17, 15) is 4.79 Å². The van der Waals surface area contributed by atoms with Crippen LogP contribution in [0.2, 0.25) is 0 Å². The van der Waals surface area contributed by atoms with Crippen LogP contribution < -0.4 is 5.32 Å². The second-order valence-corrected chi connectivity index (χ2v) is 6.78. The van der Waals surface area contributed by atoms with Gasteiger partial charge in [-0.25, -0.2) is 0 Å². The van der Waals surface area contributed by atoms with Gasteiger partial charge >= 0.3 is 0 Å². The van der Waals surface area contributed by atoms with Crippen LogP contribution in [0, 0.1) is 0 Å². The molecule has 0 spiro atoms. The largest absolute Gasteiger partial charge is 0.354 e. The summed E-state index contributed by atoms with van der Waals surface area (Å²) in [6.45, 7) is 6.53. The Balaban J connectivity index is 1.82. The lowest BCUT2D eigenvalue weighted by molar-refractivity contribution is -0.121. The summed E-state index contributed by atoms with van der Waals surface area (Å²) < 4.78 is 0. The third kappa shape index (κ3) is 5.51. The Morgan fingerprint density at radius 1 is 1.13 bits per heavy atom. The third-order valence-corrected chi connectivity index (χ3v) is 4.17. The van der Waals surface area contributed by atoms with Crippen molar-refractivity contribution in [1.82, 2.24) is 10.3 Å². The van der Waals surface area contributed by atoms with Crippen molar-refractivity contribution in [2.45, 2.75) is 51.5 Å². The molecule has 2 aromatic rings. The molecule has 23 heavy (non-hydrogen) atoms. The molecular weight excluding hydrogens is 284 g/mol. The first-order valence-corrected chi connectivity index (χ1v) is 8.21. The van der Waals surface area contributed by atoms with Crippen LogP contribution in [-0.2, 0) is 16.6 Å². The molecule has 1 N–H and O–H groups in total. The van der Waals surface area contributed by atoms with Gasteiger partial charge < -0.3 is 5.32 Å². The first kappa shape index (κ1) is 17.2. The second-order valence-electron chi connectivity index (χ2n) is 6.78. The number of hydrogen-bond donors (Lipinski definition) is 1. The number of benzene rings is 1. The molecule has 3 heteroatoms. The molecule has 0 radical (unpaired) electrons. The first-order chi connectivity index (χ1) is 11.0. The van der Waals surface area contributed by atoms with Crippen LogP contribution in [0.25, 0.3) is 0 Å². The van der Waals surface area contributed by atoms with E-state index >= 15 is 0 Å². The van der Waals surface area contributed by atoms with E-state index in [0.29, 0.717) is 6.42 Å². The fourth-order valence-corrected chi connectivity index (χ4v) is 2.98. The van der Waals surface area contributed by atoms with Crippen LogP contribution >= 0.6 is 0 Å². The van der Waals surface area contributed by atoms with Crippen molar-refractivity contribution in [3.05, 3.63) is 66.0 Å².